The molecule has 0 saturated carbocycles. The van der Waals surface area contributed by atoms with Crippen molar-refractivity contribution < 1.29 is 23.5 Å². The van der Waals surface area contributed by atoms with Crippen molar-refractivity contribution in [2.75, 3.05) is 31.1 Å². The van der Waals surface area contributed by atoms with E-state index >= 15 is 0 Å². The van der Waals surface area contributed by atoms with Gasteiger partial charge in [-0.1, -0.05) is 5.21 Å². The molecule has 1 amide bonds. The number of carbonyl (C=O) groups is 2. The third-order valence-corrected chi connectivity index (χ3v) is 10.5. The van der Waals surface area contributed by atoms with E-state index in [0.29, 0.717) is 61.8 Å². The lowest BCUT2D eigenvalue weighted by atomic mass is 9.92. The summed E-state index contributed by atoms with van der Waals surface area (Å²) in [5.41, 5.74) is 5.70. The number of aromatic nitrogens is 9. The van der Waals surface area contributed by atoms with Crippen molar-refractivity contribution in [3.05, 3.63) is 82.6 Å². The summed E-state index contributed by atoms with van der Waals surface area (Å²) in [6, 6.07) is 3.67. The maximum atomic E-state index is 14.6. The Kier molecular flexibility index (Phi) is 9.18. The fraction of sp³-hybridized carbons (Fsp3) is 0.444. The van der Waals surface area contributed by atoms with E-state index in [9.17, 15) is 18.4 Å². The van der Waals surface area contributed by atoms with Gasteiger partial charge in [0.2, 0.25) is 5.91 Å². The van der Waals surface area contributed by atoms with E-state index in [1.165, 1.54) is 12.4 Å². The minimum atomic E-state index is -2.67. The van der Waals surface area contributed by atoms with Crippen LogP contribution < -0.4 is 4.90 Å². The maximum absolute atomic E-state index is 14.6. The Balaban J connectivity index is 1.02. The van der Waals surface area contributed by atoms with E-state index in [4.69, 9.17) is 10.2 Å². The number of amides is 1. The zero-order chi connectivity index (χ0) is 36.8. The number of anilines is 2. The Bertz CT molecular complexity index is 2150. The van der Waals surface area contributed by atoms with Crippen molar-refractivity contribution in [1.29, 1.82) is 0 Å². The summed E-state index contributed by atoms with van der Waals surface area (Å²) in [4.78, 5) is 38.2. The lowest BCUT2D eigenvalue weighted by Crippen LogP contribution is -2.38. The summed E-state index contributed by atoms with van der Waals surface area (Å²) in [5.74, 6) is 0.143. The van der Waals surface area contributed by atoms with Crippen LogP contribution in [0.4, 0.5) is 20.3 Å². The first kappa shape index (κ1) is 34.5. The standard InChI is InChI=1S/C36H40F2N12O3/c1-22(51)47-11-7-31-30(20-47)35(49-8-3-4-23-12-28(25-17-41-45(2)18-25)29(34(37)38)14-32(23)49)43-50(31)27-5-9-46(10-6-27)21-48-19-26(42-44-48)13-33-39-15-24(16-40-33)36(52)53/h12,14-19,27,34H,3-11,13,20-21H2,1-2H3,(H,52,53). The quantitative estimate of drug-likeness (QED) is 0.233. The lowest BCUT2D eigenvalue weighted by Gasteiger charge is -2.33. The smallest absolute Gasteiger partial charge is 0.338 e. The number of carboxylic acids is 1. The fourth-order valence-corrected chi connectivity index (χ4v) is 7.79. The Labute approximate surface area is 303 Å². The number of halogens is 2. The molecule has 4 aromatic heterocycles. The monoisotopic (exact) mass is 726 g/mol. The van der Waals surface area contributed by atoms with Gasteiger partial charge in [-0.2, -0.15) is 10.2 Å². The van der Waals surface area contributed by atoms with Crippen molar-refractivity contribution in [3.8, 4) is 11.1 Å². The van der Waals surface area contributed by atoms with E-state index < -0.39 is 12.4 Å². The van der Waals surface area contributed by atoms with E-state index in [2.05, 4.69) is 39.9 Å². The molecule has 0 bridgehead atoms. The van der Waals surface area contributed by atoms with Gasteiger partial charge in [0.25, 0.3) is 6.43 Å². The van der Waals surface area contributed by atoms with Crippen LogP contribution in [-0.4, -0.2) is 97.5 Å². The minimum Gasteiger partial charge on any atom is -0.478 e. The molecule has 0 aliphatic carbocycles. The van der Waals surface area contributed by atoms with E-state index in [1.54, 1.807) is 41.8 Å². The lowest BCUT2D eigenvalue weighted by molar-refractivity contribution is -0.129. The van der Waals surface area contributed by atoms with Gasteiger partial charge in [-0.05, 0) is 48.9 Å². The van der Waals surface area contributed by atoms with Crippen LogP contribution in [0.5, 0.6) is 0 Å². The third-order valence-electron chi connectivity index (χ3n) is 10.5. The molecule has 1 aromatic carbocycles. The summed E-state index contributed by atoms with van der Waals surface area (Å²) >= 11 is 0. The van der Waals surface area contributed by atoms with E-state index in [0.717, 1.165) is 67.1 Å². The maximum Gasteiger partial charge on any atom is 0.338 e. The van der Waals surface area contributed by atoms with Crippen LogP contribution in [0.2, 0.25) is 0 Å². The van der Waals surface area contributed by atoms with Gasteiger partial charge in [0, 0.05) is 93.2 Å². The number of carboxylic acid groups (broad SMARTS) is 1. The Hall–Kier alpha value is -5.58. The molecule has 1 N–H and O–H groups in total. The highest BCUT2D eigenvalue weighted by atomic mass is 19.3. The number of benzene rings is 1. The molecule has 0 radical (unpaired) electrons. The fourth-order valence-electron chi connectivity index (χ4n) is 7.79. The van der Waals surface area contributed by atoms with Gasteiger partial charge in [-0.25, -0.2) is 28.2 Å². The molecule has 3 aliphatic rings. The van der Waals surface area contributed by atoms with Gasteiger partial charge in [-0.3, -0.25) is 19.1 Å². The number of alkyl halides is 2. The number of rotatable bonds is 9. The number of hydrogen-bond donors (Lipinski definition) is 1. The highest BCUT2D eigenvalue weighted by Gasteiger charge is 2.35. The minimum absolute atomic E-state index is 0.00249. The summed E-state index contributed by atoms with van der Waals surface area (Å²) in [6.45, 7) is 5.45. The van der Waals surface area contributed by atoms with Crippen LogP contribution in [0.3, 0.4) is 0 Å². The van der Waals surface area contributed by atoms with Crippen molar-refractivity contribution in [1.82, 2.24) is 54.3 Å². The number of fused-ring (bicyclic) bond motifs is 2. The number of carbonyl (C=O) groups excluding carboxylic acids is 1. The molecule has 276 valence electrons. The average molecular weight is 727 g/mol. The number of piperidine rings is 1. The number of hydrogen-bond acceptors (Lipinski definition) is 10. The van der Waals surface area contributed by atoms with Gasteiger partial charge in [0.05, 0.1) is 49.3 Å². The molecule has 15 nitrogen and oxygen atoms in total. The van der Waals surface area contributed by atoms with Gasteiger partial charge < -0.3 is 14.9 Å². The first-order valence-electron chi connectivity index (χ1n) is 17.8. The van der Waals surface area contributed by atoms with Crippen LogP contribution in [-0.2, 0) is 44.3 Å². The van der Waals surface area contributed by atoms with Gasteiger partial charge in [-0.15, -0.1) is 5.10 Å². The molecule has 0 spiro atoms. The zero-order valence-corrected chi connectivity index (χ0v) is 29.6. The predicted molar refractivity (Wildman–Crippen MR) is 188 cm³/mol. The van der Waals surface area contributed by atoms with Crippen molar-refractivity contribution in [2.24, 2.45) is 7.05 Å². The summed E-state index contributed by atoms with van der Waals surface area (Å²) in [7, 11) is 1.78. The normalized spacial score (nSPS) is 16.6. The molecule has 3 aliphatic heterocycles. The number of aryl methyl sites for hydroxylation is 2. The highest BCUT2D eigenvalue weighted by Crippen LogP contribution is 2.43. The first-order valence-corrected chi connectivity index (χ1v) is 17.8. The zero-order valence-electron chi connectivity index (χ0n) is 29.6. The topological polar surface area (TPSA) is 156 Å². The second kappa shape index (κ2) is 14.1. The number of likely N-dealkylation sites (tertiary alicyclic amines) is 1. The molecule has 17 heteroatoms. The van der Waals surface area contributed by atoms with Gasteiger partial charge >= 0.3 is 5.97 Å². The second-order valence-electron chi connectivity index (χ2n) is 14.0. The molecule has 0 unspecified atom stereocenters. The van der Waals surface area contributed by atoms with Gasteiger partial charge in [0.1, 0.15) is 5.82 Å². The van der Waals surface area contributed by atoms with Crippen LogP contribution >= 0.6 is 0 Å². The largest absolute Gasteiger partial charge is 0.478 e. The predicted octanol–water partition coefficient (Wildman–Crippen LogP) is 4.18. The Morgan fingerprint density at radius 1 is 1.02 bits per heavy atom. The summed E-state index contributed by atoms with van der Waals surface area (Å²) in [6.07, 6.45) is 9.49. The molecule has 5 aromatic rings. The van der Waals surface area contributed by atoms with Crippen molar-refractivity contribution >= 4 is 23.4 Å². The molecular formula is C36H40F2N12O3. The molecular weight excluding hydrogens is 686 g/mol. The summed E-state index contributed by atoms with van der Waals surface area (Å²) < 4.78 is 34.8. The molecule has 1 fully saturated rings. The molecule has 1 saturated heterocycles. The first-order chi connectivity index (χ1) is 25.6. The van der Waals surface area contributed by atoms with Crippen LogP contribution in [0.1, 0.15) is 82.9 Å². The van der Waals surface area contributed by atoms with E-state index in [-0.39, 0.29) is 23.1 Å². The average Bonchev–Trinajstić information content (AvgIpc) is 3.89. The van der Waals surface area contributed by atoms with Crippen LogP contribution in [0.25, 0.3) is 11.1 Å². The molecule has 0 atom stereocenters. The highest BCUT2D eigenvalue weighted by molar-refractivity contribution is 5.86. The molecule has 53 heavy (non-hydrogen) atoms. The van der Waals surface area contributed by atoms with Crippen LogP contribution in [0.15, 0.2) is 43.1 Å². The number of aromatic carboxylic acids is 1. The van der Waals surface area contributed by atoms with Crippen molar-refractivity contribution in [2.45, 2.75) is 71.1 Å². The molecule has 7 heterocycles. The third kappa shape index (κ3) is 6.88. The summed E-state index contributed by atoms with van der Waals surface area (Å²) in [5, 5.41) is 27.1. The van der Waals surface area contributed by atoms with Gasteiger partial charge in [0.15, 0.2) is 5.82 Å². The number of nitrogens with zero attached hydrogens (tertiary/aromatic N) is 12. The van der Waals surface area contributed by atoms with E-state index in [1.807, 2.05) is 17.2 Å². The Morgan fingerprint density at radius 3 is 2.51 bits per heavy atom. The molecule has 8 rings (SSSR count). The second-order valence-corrected chi connectivity index (χ2v) is 14.0. The Morgan fingerprint density at radius 2 is 1.81 bits per heavy atom. The SMILES string of the molecule is CC(=O)N1CCc2c(c(N3CCCc4cc(-c5cnn(C)c5)c(C(F)F)cc43)nn2C2CCN(Cn3cc(Cc4ncc(C(=O)O)cn4)nn3)CC2)C1. The van der Waals surface area contributed by atoms with Crippen LogP contribution in [0, 0.1) is 0 Å². The van der Waals surface area contributed by atoms with Crippen molar-refractivity contribution in [3.63, 3.8) is 0 Å².